The van der Waals surface area contributed by atoms with Crippen LogP contribution in [0.4, 0.5) is 5.69 Å². The van der Waals surface area contributed by atoms with Crippen LogP contribution in [0, 0.1) is 0 Å². The lowest BCUT2D eigenvalue weighted by Crippen LogP contribution is -2.11. The number of carbonyl (C=O) groups excluding carboxylic acids is 1. The summed E-state index contributed by atoms with van der Waals surface area (Å²) < 4.78 is 5.30. The zero-order chi connectivity index (χ0) is 14.5. The first-order chi connectivity index (χ1) is 9.58. The van der Waals surface area contributed by atoms with Crippen LogP contribution in [0.2, 0.25) is 0 Å². The third kappa shape index (κ3) is 3.41. The van der Waals surface area contributed by atoms with Gasteiger partial charge in [0.1, 0.15) is 17.2 Å². The molecular formula is C15H15NO4. The quantitative estimate of drug-likeness (QED) is 0.800. The van der Waals surface area contributed by atoms with E-state index in [-0.39, 0.29) is 17.1 Å². The van der Waals surface area contributed by atoms with Crippen molar-refractivity contribution < 1.29 is 19.7 Å². The van der Waals surface area contributed by atoms with Crippen LogP contribution < -0.4 is 10.1 Å². The van der Waals surface area contributed by atoms with E-state index in [0.29, 0.717) is 12.3 Å². The largest absolute Gasteiger partial charge is 0.508 e. The molecule has 5 heteroatoms. The van der Waals surface area contributed by atoms with Gasteiger partial charge in [-0.2, -0.15) is 0 Å². The van der Waals surface area contributed by atoms with Crippen LogP contribution in [0.25, 0.3) is 0 Å². The summed E-state index contributed by atoms with van der Waals surface area (Å²) in [6, 6.07) is 10.6. The number of benzene rings is 2. The van der Waals surface area contributed by atoms with Gasteiger partial charge in [0.2, 0.25) is 0 Å². The highest BCUT2D eigenvalue weighted by molar-refractivity contribution is 6.04. The molecule has 5 nitrogen and oxygen atoms in total. The SMILES string of the molecule is CCOc1ccc(NC(=O)c2cc(O)cc(O)c2)cc1. The van der Waals surface area contributed by atoms with Gasteiger partial charge in [0.05, 0.1) is 6.61 Å². The number of amides is 1. The average Bonchev–Trinajstić information content (AvgIpc) is 2.40. The molecule has 0 atom stereocenters. The lowest BCUT2D eigenvalue weighted by atomic mass is 10.2. The number of nitrogens with one attached hydrogen (secondary N) is 1. The summed E-state index contributed by atoms with van der Waals surface area (Å²) in [6.45, 7) is 2.47. The zero-order valence-electron chi connectivity index (χ0n) is 11.0. The van der Waals surface area contributed by atoms with Crippen LogP contribution in [0.1, 0.15) is 17.3 Å². The minimum absolute atomic E-state index is 0.165. The molecular weight excluding hydrogens is 258 g/mol. The summed E-state index contributed by atoms with van der Waals surface area (Å²) in [4.78, 5) is 12.0. The number of carbonyl (C=O) groups is 1. The lowest BCUT2D eigenvalue weighted by Gasteiger charge is -2.07. The van der Waals surface area contributed by atoms with Crippen LogP contribution in [-0.2, 0) is 0 Å². The molecule has 104 valence electrons. The van der Waals surface area contributed by atoms with Gasteiger partial charge in [-0.1, -0.05) is 0 Å². The summed E-state index contributed by atoms with van der Waals surface area (Å²) in [7, 11) is 0. The fraction of sp³-hybridized carbons (Fsp3) is 0.133. The molecule has 0 aliphatic rings. The molecule has 1 amide bonds. The fourth-order valence-electron chi connectivity index (χ4n) is 1.73. The van der Waals surface area contributed by atoms with E-state index >= 15 is 0 Å². The summed E-state index contributed by atoms with van der Waals surface area (Å²) in [5, 5.41) is 21.4. The van der Waals surface area contributed by atoms with Gasteiger partial charge in [0.25, 0.3) is 5.91 Å². The van der Waals surface area contributed by atoms with Crippen LogP contribution in [0.3, 0.4) is 0 Å². The molecule has 2 aromatic rings. The van der Waals surface area contributed by atoms with Crippen LogP contribution in [0.15, 0.2) is 42.5 Å². The molecule has 0 bridgehead atoms. The van der Waals surface area contributed by atoms with Crippen molar-refractivity contribution in [1.82, 2.24) is 0 Å². The van der Waals surface area contributed by atoms with Crippen molar-refractivity contribution in [3.63, 3.8) is 0 Å². The molecule has 3 N–H and O–H groups in total. The zero-order valence-corrected chi connectivity index (χ0v) is 11.0. The van der Waals surface area contributed by atoms with Crippen molar-refractivity contribution in [2.24, 2.45) is 0 Å². The summed E-state index contributed by atoms with van der Waals surface area (Å²) in [6.07, 6.45) is 0. The number of ether oxygens (including phenoxy) is 1. The molecule has 2 rings (SSSR count). The van der Waals surface area contributed by atoms with E-state index in [2.05, 4.69) is 5.32 Å². The number of hydrogen-bond donors (Lipinski definition) is 3. The van der Waals surface area contributed by atoms with Crippen molar-refractivity contribution in [3.05, 3.63) is 48.0 Å². The number of aromatic hydroxyl groups is 2. The van der Waals surface area contributed by atoms with E-state index in [1.54, 1.807) is 24.3 Å². The minimum Gasteiger partial charge on any atom is -0.508 e. The Kier molecular flexibility index (Phi) is 4.10. The maximum atomic E-state index is 12.0. The standard InChI is InChI=1S/C15H15NO4/c1-2-20-14-5-3-11(4-6-14)16-15(19)10-7-12(17)9-13(18)8-10/h3-9,17-18H,2H2,1H3,(H,16,19). The molecule has 0 unspecified atom stereocenters. The summed E-state index contributed by atoms with van der Waals surface area (Å²) in [5.74, 6) is -0.0236. The van der Waals surface area contributed by atoms with E-state index in [1.165, 1.54) is 12.1 Å². The second kappa shape index (κ2) is 5.97. The van der Waals surface area contributed by atoms with Gasteiger partial charge in [0.15, 0.2) is 0 Å². The van der Waals surface area contributed by atoms with Crippen molar-refractivity contribution in [3.8, 4) is 17.2 Å². The molecule has 0 aliphatic carbocycles. The molecule has 0 saturated heterocycles. The Bertz CT molecular complexity index is 588. The third-order valence-corrected chi connectivity index (χ3v) is 2.59. The highest BCUT2D eigenvalue weighted by Gasteiger charge is 2.09. The predicted molar refractivity (Wildman–Crippen MR) is 75.3 cm³/mol. The van der Waals surface area contributed by atoms with Crippen LogP contribution in [0.5, 0.6) is 17.2 Å². The fourth-order valence-corrected chi connectivity index (χ4v) is 1.73. The maximum Gasteiger partial charge on any atom is 0.255 e. The Hall–Kier alpha value is -2.69. The molecule has 0 spiro atoms. The van der Waals surface area contributed by atoms with E-state index in [4.69, 9.17) is 4.74 Å². The first-order valence-corrected chi connectivity index (χ1v) is 6.15. The molecule has 20 heavy (non-hydrogen) atoms. The lowest BCUT2D eigenvalue weighted by molar-refractivity contribution is 0.102. The predicted octanol–water partition coefficient (Wildman–Crippen LogP) is 2.75. The van der Waals surface area contributed by atoms with Crippen molar-refractivity contribution >= 4 is 11.6 Å². The maximum absolute atomic E-state index is 12.0. The van der Waals surface area contributed by atoms with Gasteiger partial charge in [0, 0.05) is 17.3 Å². The van der Waals surface area contributed by atoms with E-state index in [1.807, 2.05) is 6.92 Å². The number of hydrogen-bond acceptors (Lipinski definition) is 4. The van der Waals surface area contributed by atoms with Crippen molar-refractivity contribution in [2.45, 2.75) is 6.92 Å². The first-order valence-electron chi connectivity index (χ1n) is 6.15. The number of phenols is 2. The molecule has 2 aromatic carbocycles. The van der Waals surface area contributed by atoms with Crippen molar-refractivity contribution in [2.75, 3.05) is 11.9 Å². The molecule has 0 aromatic heterocycles. The van der Waals surface area contributed by atoms with E-state index in [9.17, 15) is 15.0 Å². The molecule has 0 fully saturated rings. The minimum atomic E-state index is -0.416. The average molecular weight is 273 g/mol. The van der Waals surface area contributed by atoms with Gasteiger partial charge in [-0.25, -0.2) is 0 Å². The molecule has 0 radical (unpaired) electrons. The van der Waals surface area contributed by atoms with Gasteiger partial charge in [-0.3, -0.25) is 4.79 Å². The second-order valence-corrected chi connectivity index (χ2v) is 4.15. The summed E-state index contributed by atoms with van der Waals surface area (Å²) >= 11 is 0. The Morgan fingerprint density at radius 2 is 1.70 bits per heavy atom. The normalized spacial score (nSPS) is 10.1. The van der Waals surface area contributed by atoms with E-state index in [0.717, 1.165) is 11.8 Å². The first kappa shape index (κ1) is 13.7. The van der Waals surface area contributed by atoms with Crippen LogP contribution >= 0.6 is 0 Å². The molecule has 0 heterocycles. The van der Waals surface area contributed by atoms with Gasteiger partial charge in [-0.05, 0) is 43.3 Å². The monoisotopic (exact) mass is 273 g/mol. The summed E-state index contributed by atoms with van der Waals surface area (Å²) in [5.41, 5.74) is 0.776. The molecule has 0 saturated carbocycles. The highest BCUT2D eigenvalue weighted by atomic mass is 16.5. The number of phenolic OH excluding ortho intramolecular Hbond substituents is 2. The topological polar surface area (TPSA) is 78.8 Å². The Morgan fingerprint density at radius 1 is 1.10 bits per heavy atom. The Morgan fingerprint density at radius 3 is 2.25 bits per heavy atom. The van der Waals surface area contributed by atoms with Gasteiger partial charge < -0.3 is 20.3 Å². The van der Waals surface area contributed by atoms with E-state index < -0.39 is 5.91 Å². The second-order valence-electron chi connectivity index (χ2n) is 4.15. The number of rotatable bonds is 4. The van der Waals surface area contributed by atoms with Crippen molar-refractivity contribution in [1.29, 1.82) is 0 Å². The van der Waals surface area contributed by atoms with Gasteiger partial charge in [-0.15, -0.1) is 0 Å². The Balaban J connectivity index is 2.10. The smallest absolute Gasteiger partial charge is 0.255 e. The van der Waals surface area contributed by atoms with Crippen LogP contribution in [-0.4, -0.2) is 22.7 Å². The highest BCUT2D eigenvalue weighted by Crippen LogP contribution is 2.22. The third-order valence-electron chi connectivity index (χ3n) is 2.59. The Labute approximate surface area is 116 Å². The molecule has 0 aliphatic heterocycles. The van der Waals surface area contributed by atoms with Gasteiger partial charge >= 0.3 is 0 Å². The number of anilines is 1.